The standard InChI is InChI=1S/C26H16/c1-2-7-19-12-22-15-24-16-26-20(10-9-17-5-3-4-8-25(17)26)13-23(24)14-21(22)11-18(19)6-1/h1-16H. The number of rotatable bonds is 0. The first-order valence-corrected chi connectivity index (χ1v) is 9.03. The van der Waals surface area contributed by atoms with E-state index in [-0.39, 0.29) is 0 Å². The second kappa shape index (κ2) is 5.06. The molecule has 0 heteroatoms. The SMILES string of the molecule is c1ccc2cc3cc4cc5c(ccc6ccccc65)cc4cc3cc2c1. The van der Waals surface area contributed by atoms with Gasteiger partial charge >= 0.3 is 0 Å². The maximum atomic E-state index is 2.35. The van der Waals surface area contributed by atoms with Crippen LogP contribution in [0.5, 0.6) is 0 Å². The molecule has 6 aromatic rings. The predicted molar refractivity (Wildman–Crippen MR) is 114 cm³/mol. The largest absolute Gasteiger partial charge is 0.0616 e. The van der Waals surface area contributed by atoms with Crippen LogP contribution in [0.2, 0.25) is 0 Å². The van der Waals surface area contributed by atoms with E-state index in [9.17, 15) is 0 Å². The van der Waals surface area contributed by atoms with Gasteiger partial charge in [-0.25, -0.2) is 0 Å². The van der Waals surface area contributed by atoms with Gasteiger partial charge in [0.2, 0.25) is 0 Å². The Morgan fingerprint density at radius 2 is 0.731 bits per heavy atom. The topological polar surface area (TPSA) is 0 Å². The third-order valence-electron chi connectivity index (χ3n) is 5.52. The fraction of sp³-hybridized carbons (Fsp3) is 0. The zero-order valence-electron chi connectivity index (χ0n) is 14.2. The van der Waals surface area contributed by atoms with E-state index < -0.39 is 0 Å². The zero-order valence-corrected chi connectivity index (χ0v) is 14.2. The molecule has 6 rings (SSSR count). The lowest BCUT2D eigenvalue weighted by Crippen LogP contribution is -1.82. The van der Waals surface area contributed by atoms with Crippen LogP contribution >= 0.6 is 0 Å². The van der Waals surface area contributed by atoms with Gasteiger partial charge in [-0.1, -0.05) is 60.7 Å². The minimum absolute atomic E-state index is 1.30. The molecule has 0 bridgehead atoms. The first-order chi connectivity index (χ1) is 12.8. The second-order valence-electron chi connectivity index (χ2n) is 7.11. The summed E-state index contributed by atoms with van der Waals surface area (Å²) in [4.78, 5) is 0. The van der Waals surface area contributed by atoms with Crippen LogP contribution in [0.15, 0.2) is 97.1 Å². The van der Waals surface area contributed by atoms with Gasteiger partial charge < -0.3 is 0 Å². The number of fused-ring (bicyclic) bond motifs is 6. The fourth-order valence-corrected chi connectivity index (χ4v) is 4.20. The van der Waals surface area contributed by atoms with Gasteiger partial charge in [0.1, 0.15) is 0 Å². The maximum absolute atomic E-state index is 2.35. The Morgan fingerprint density at radius 1 is 0.269 bits per heavy atom. The molecule has 0 nitrogen and oxygen atoms in total. The molecule has 0 heterocycles. The van der Waals surface area contributed by atoms with E-state index in [0.717, 1.165) is 0 Å². The van der Waals surface area contributed by atoms with Gasteiger partial charge in [-0.15, -0.1) is 0 Å². The Morgan fingerprint density at radius 3 is 1.42 bits per heavy atom. The summed E-state index contributed by atoms with van der Waals surface area (Å²) in [6.07, 6.45) is 0. The van der Waals surface area contributed by atoms with Crippen molar-refractivity contribution in [3.8, 4) is 0 Å². The Balaban J connectivity index is 1.75. The van der Waals surface area contributed by atoms with E-state index in [2.05, 4.69) is 97.1 Å². The van der Waals surface area contributed by atoms with Crippen molar-refractivity contribution in [2.45, 2.75) is 0 Å². The highest BCUT2D eigenvalue weighted by Crippen LogP contribution is 2.32. The number of hydrogen-bond donors (Lipinski definition) is 0. The second-order valence-corrected chi connectivity index (χ2v) is 7.11. The molecule has 120 valence electrons. The van der Waals surface area contributed by atoms with Crippen LogP contribution in [0.4, 0.5) is 0 Å². The summed E-state index contributed by atoms with van der Waals surface area (Å²) in [5, 5.41) is 13.1. The van der Waals surface area contributed by atoms with Crippen LogP contribution in [0.1, 0.15) is 0 Å². The van der Waals surface area contributed by atoms with Crippen molar-refractivity contribution < 1.29 is 0 Å². The minimum atomic E-state index is 1.30. The first-order valence-electron chi connectivity index (χ1n) is 9.03. The van der Waals surface area contributed by atoms with Crippen molar-refractivity contribution in [3.63, 3.8) is 0 Å². The molecule has 0 amide bonds. The van der Waals surface area contributed by atoms with Crippen molar-refractivity contribution in [1.29, 1.82) is 0 Å². The molecule has 0 radical (unpaired) electrons. The lowest BCUT2D eigenvalue weighted by Gasteiger charge is -2.09. The molecule has 0 aliphatic rings. The summed E-state index contributed by atoms with van der Waals surface area (Å²) < 4.78 is 0. The lowest BCUT2D eigenvalue weighted by atomic mass is 9.95. The highest BCUT2D eigenvalue weighted by Gasteiger charge is 2.05. The molecule has 6 aromatic carbocycles. The lowest BCUT2D eigenvalue weighted by molar-refractivity contribution is 1.78. The van der Waals surface area contributed by atoms with E-state index in [0.29, 0.717) is 0 Å². The third-order valence-corrected chi connectivity index (χ3v) is 5.52. The van der Waals surface area contributed by atoms with Crippen molar-refractivity contribution in [3.05, 3.63) is 97.1 Å². The summed E-state index contributed by atoms with van der Waals surface area (Å²) >= 11 is 0. The quantitative estimate of drug-likeness (QED) is 0.200. The van der Waals surface area contributed by atoms with Crippen LogP contribution < -0.4 is 0 Å². The molecule has 0 saturated heterocycles. The van der Waals surface area contributed by atoms with Gasteiger partial charge in [-0.05, 0) is 90.3 Å². The molecule has 0 aliphatic heterocycles. The molecule has 0 N–H and O–H groups in total. The molecule has 26 heavy (non-hydrogen) atoms. The fourth-order valence-electron chi connectivity index (χ4n) is 4.20. The highest BCUT2D eigenvalue weighted by molar-refractivity contribution is 6.14. The smallest absolute Gasteiger partial charge is 0.00990 e. The van der Waals surface area contributed by atoms with Crippen molar-refractivity contribution in [1.82, 2.24) is 0 Å². The number of benzene rings is 6. The molecule has 0 aliphatic carbocycles. The molecule has 0 aromatic heterocycles. The summed E-state index contributed by atoms with van der Waals surface area (Å²) in [5.74, 6) is 0. The van der Waals surface area contributed by atoms with Crippen LogP contribution in [-0.4, -0.2) is 0 Å². The van der Waals surface area contributed by atoms with E-state index in [4.69, 9.17) is 0 Å². The third kappa shape index (κ3) is 1.96. The molecule has 0 fully saturated rings. The first kappa shape index (κ1) is 13.9. The summed E-state index contributed by atoms with van der Waals surface area (Å²) in [7, 11) is 0. The minimum Gasteiger partial charge on any atom is -0.0616 e. The van der Waals surface area contributed by atoms with Gasteiger partial charge in [-0.3, -0.25) is 0 Å². The van der Waals surface area contributed by atoms with E-state index >= 15 is 0 Å². The highest BCUT2D eigenvalue weighted by atomic mass is 14.1. The summed E-state index contributed by atoms with van der Waals surface area (Å²) in [6, 6.07) is 35.6. The molecular weight excluding hydrogens is 312 g/mol. The molecular formula is C26H16. The average Bonchev–Trinajstić information content (AvgIpc) is 2.69. The van der Waals surface area contributed by atoms with Gasteiger partial charge in [-0.2, -0.15) is 0 Å². The van der Waals surface area contributed by atoms with E-state index in [1.54, 1.807) is 0 Å². The van der Waals surface area contributed by atoms with Gasteiger partial charge in [0.25, 0.3) is 0 Å². The van der Waals surface area contributed by atoms with Gasteiger partial charge in [0.05, 0.1) is 0 Å². The Bertz CT molecular complexity index is 1460. The molecule has 0 unspecified atom stereocenters. The van der Waals surface area contributed by atoms with Crippen LogP contribution in [0.25, 0.3) is 53.9 Å². The van der Waals surface area contributed by atoms with Crippen molar-refractivity contribution >= 4 is 53.9 Å². The Labute approximate surface area is 151 Å². The van der Waals surface area contributed by atoms with E-state index in [1.807, 2.05) is 0 Å². The van der Waals surface area contributed by atoms with Crippen LogP contribution in [0.3, 0.4) is 0 Å². The molecule has 0 saturated carbocycles. The van der Waals surface area contributed by atoms with Crippen LogP contribution in [0, 0.1) is 0 Å². The predicted octanol–water partition coefficient (Wildman–Crippen LogP) is 7.45. The van der Waals surface area contributed by atoms with Gasteiger partial charge in [0, 0.05) is 0 Å². The van der Waals surface area contributed by atoms with Crippen molar-refractivity contribution in [2.75, 3.05) is 0 Å². The van der Waals surface area contributed by atoms with Crippen LogP contribution in [-0.2, 0) is 0 Å². The normalized spacial score (nSPS) is 11.8. The molecule has 0 atom stereocenters. The molecule has 0 spiro atoms. The monoisotopic (exact) mass is 328 g/mol. The van der Waals surface area contributed by atoms with E-state index in [1.165, 1.54) is 53.9 Å². The average molecular weight is 328 g/mol. The summed E-state index contributed by atoms with van der Waals surface area (Å²) in [6.45, 7) is 0. The number of hydrogen-bond acceptors (Lipinski definition) is 0. The van der Waals surface area contributed by atoms with Crippen molar-refractivity contribution in [2.24, 2.45) is 0 Å². The Hall–Kier alpha value is -3.38. The summed E-state index contributed by atoms with van der Waals surface area (Å²) in [5.41, 5.74) is 0. The maximum Gasteiger partial charge on any atom is -0.00990 e. The zero-order chi connectivity index (χ0) is 17.1. The van der Waals surface area contributed by atoms with Gasteiger partial charge in [0.15, 0.2) is 0 Å². The Kier molecular flexibility index (Phi) is 2.70.